The average Bonchev–Trinajstić information content (AvgIpc) is 3.11. The number of hydrogen-bond donors (Lipinski definition) is 1. The largest absolute Gasteiger partial charge is 0.480 e. The van der Waals surface area contributed by atoms with E-state index in [0.717, 1.165) is 27.2 Å². The lowest BCUT2D eigenvalue weighted by Crippen LogP contribution is -2.44. The second kappa shape index (κ2) is 8.61. The van der Waals surface area contributed by atoms with Gasteiger partial charge in [0.05, 0.1) is 11.4 Å². The second-order valence-corrected chi connectivity index (χ2v) is 7.97. The molecular formula is C24H19Cl2NO4. The molecule has 0 saturated carbocycles. The summed E-state index contributed by atoms with van der Waals surface area (Å²) >= 11 is 12.0. The number of anilines is 1. The highest BCUT2D eigenvalue weighted by atomic mass is 35.5. The number of hydrogen-bond acceptors (Lipinski definition) is 3. The molecule has 31 heavy (non-hydrogen) atoms. The van der Waals surface area contributed by atoms with Crippen LogP contribution in [0.2, 0.25) is 10.0 Å². The van der Waals surface area contributed by atoms with Gasteiger partial charge in [-0.3, -0.25) is 4.90 Å². The van der Waals surface area contributed by atoms with Gasteiger partial charge in [0.1, 0.15) is 12.6 Å². The Morgan fingerprint density at radius 2 is 1.61 bits per heavy atom. The molecule has 0 aromatic heterocycles. The second-order valence-electron chi connectivity index (χ2n) is 7.15. The van der Waals surface area contributed by atoms with E-state index in [1.165, 1.54) is 25.1 Å². The zero-order chi connectivity index (χ0) is 23.0. The van der Waals surface area contributed by atoms with Crippen LogP contribution in [0, 0.1) is 0 Å². The van der Waals surface area contributed by atoms with Crippen LogP contribution in [-0.2, 0) is 9.53 Å². The van der Waals surface area contributed by atoms with E-state index in [9.17, 15) is 14.7 Å². The van der Waals surface area contributed by atoms with Crippen LogP contribution < -0.4 is 4.90 Å². The first-order valence-corrected chi connectivity index (χ1v) is 10.3. The van der Waals surface area contributed by atoms with Gasteiger partial charge in [-0.25, -0.2) is 9.59 Å². The number of benzene rings is 3. The molecule has 7 heteroatoms. The molecule has 4 rings (SSSR count). The Labute approximate surface area is 191 Å². The maximum Gasteiger partial charge on any atom is 0.415 e. The van der Waals surface area contributed by atoms with Crippen molar-refractivity contribution in [1.82, 2.24) is 0 Å². The summed E-state index contributed by atoms with van der Waals surface area (Å²) in [6.45, 7) is 0.0594. The number of amides is 1. The van der Waals surface area contributed by atoms with Gasteiger partial charge in [0.15, 0.2) is 0 Å². The fourth-order valence-corrected chi connectivity index (χ4v) is 4.05. The van der Waals surface area contributed by atoms with Crippen molar-refractivity contribution in [1.29, 1.82) is 0 Å². The summed E-state index contributed by atoms with van der Waals surface area (Å²) < 4.78 is 14.2. The lowest BCUT2D eigenvalue weighted by molar-refractivity contribution is -0.138. The molecule has 158 valence electrons. The van der Waals surface area contributed by atoms with Gasteiger partial charge >= 0.3 is 12.1 Å². The number of carbonyl (C=O) groups is 2. The maximum atomic E-state index is 13.1. The highest BCUT2D eigenvalue weighted by Crippen LogP contribution is 2.44. The minimum Gasteiger partial charge on any atom is -0.480 e. The molecule has 1 unspecified atom stereocenters. The van der Waals surface area contributed by atoms with E-state index in [2.05, 4.69) is 0 Å². The first-order valence-electron chi connectivity index (χ1n) is 10.2. The normalized spacial score (nSPS) is 14.7. The van der Waals surface area contributed by atoms with Crippen LogP contribution in [0.4, 0.5) is 10.5 Å². The number of carboxylic acids is 1. The lowest BCUT2D eigenvalue weighted by atomic mass is 9.98. The molecule has 0 heterocycles. The van der Waals surface area contributed by atoms with E-state index < -0.39 is 30.6 Å². The Balaban J connectivity index is 1.67. The molecule has 0 bridgehead atoms. The van der Waals surface area contributed by atoms with E-state index in [4.69, 9.17) is 29.3 Å². The monoisotopic (exact) mass is 456 g/mol. The van der Waals surface area contributed by atoms with Crippen LogP contribution in [0.1, 0.15) is 25.3 Å². The van der Waals surface area contributed by atoms with Crippen LogP contribution in [0.3, 0.4) is 0 Å². The minimum atomic E-state index is -1.29. The molecule has 1 amide bonds. The number of aliphatic carboxylic acids is 1. The zero-order valence-electron chi connectivity index (χ0n) is 17.5. The maximum absolute atomic E-state index is 13.1. The Hall–Kier alpha value is -3.02. The van der Waals surface area contributed by atoms with Crippen LogP contribution in [-0.4, -0.2) is 29.8 Å². The predicted molar refractivity (Wildman–Crippen MR) is 121 cm³/mol. The summed E-state index contributed by atoms with van der Waals surface area (Å²) in [7, 11) is 0. The SMILES string of the molecule is [2H]C(OC(=O)N(c1ccc(Cl)c(Cl)c1)[C@@H](C)C(=O)O)C1c2ccccc2-c2ccccc21. The highest BCUT2D eigenvalue weighted by Gasteiger charge is 2.32. The van der Waals surface area contributed by atoms with E-state index in [1.807, 2.05) is 48.5 Å². The Morgan fingerprint density at radius 1 is 1.03 bits per heavy atom. The number of carbonyl (C=O) groups excluding carboxylic acids is 1. The standard InChI is InChI=1S/C24H19Cl2NO4/c1-14(23(28)29)27(15-10-11-21(25)22(26)12-15)24(30)31-13-20-18-8-4-2-6-16(18)17-7-3-5-9-19(17)20/h2-12,14,20H,13H2,1H3,(H,28,29)/t14-/m0/s1/i13D/t13?,14-. The van der Waals surface area contributed by atoms with Gasteiger partial charge in [-0.05, 0) is 47.4 Å². The molecule has 2 atom stereocenters. The molecule has 0 fully saturated rings. The number of carboxylic acid groups (broad SMARTS) is 1. The number of ether oxygens (including phenoxy) is 1. The van der Waals surface area contributed by atoms with Crippen molar-refractivity contribution < 1.29 is 20.8 Å². The molecule has 0 spiro atoms. The van der Waals surface area contributed by atoms with Gasteiger partial charge in [0.25, 0.3) is 0 Å². The third-order valence-corrected chi connectivity index (χ3v) is 6.05. The van der Waals surface area contributed by atoms with Crippen LogP contribution >= 0.6 is 23.2 Å². The number of nitrogens with zero attached hydrogens (tertiary/aromatic N) is 1. The van der Waals surface area contributed by atoms with Crippen molar-refractivity contribution in [3.8, 4) is 11.1 Å². The third-order valence-electron chi connectivity index (χ3n) is 5.31. The lowest BCUT2D eigenvalue weighted by Gasteiger charge is -2.27. The molecule has 3 aromatic carbocycles. The summed E-state index contributed by atoms with van der Waals surface area (Å²) in [5, 5.41) is 9.97. The van der Waals surface area contributed by atoms with Gasteiger partial charge in [-0.15, -0.1) is 0 Å². The van der Waals surface area contributed by atoms with Crippen molar-refractivity contribution in [3.05, 3.63) is 87.9 Å². The van der Waals surface area contributed by atoms with Crippen molar-refractivity contribution in [2.24, 2.45) is 0 Å². The number of halogens is 2. The molecule has 1 N–H and O–H groups in total. The van der Waals surface area contributed by atoms with Gasteiger partial charge < -0.3 is 9.84 Å². The third kappa shape index (κ3) is 3.99. The molecule has 1 aliphatic carbocycles. The van der Waals surface area contributed by atoms with Crippen molar-refractivity contribution in [2.75, 3.05) is 11.5 Å². The van der Waals surface area contributed by atoms with E-state index in [-0.39, 0.29) is 15.7 Å². The van der Waals surface area contributed by atoms with Gasteiger partial charge in [-0.2, -0.15) is 0 Å². The van der Waals surface area contributed by atoms with E-state index >= 15 is 0 Å². The van der Waals surface area contributed by atoms with Gasteiger partial charge in [-0.1, -0.05) is 71.7 Å². The topological polar surface area (TPSA) is 66.8 Å². The summed E-state index contributed by atoms with van der Waals surface area (Å²) in [6.07, 6.45) is -0.958. The van der Waals surface area contributed by atoms with Crippen LogP contribution in [0.5, 0.6) is 0 Å². The summed E-state index contributed by atoms with van der Waals surface area (Å²) in [4.78, 5) is 25.8. The summed E-state index contributed by atoms with van der Waals surface area (Å²) in [5.41, 5.74) is 3.95. The molecule has 5 nitrogen and oxygen atoms in total. The van der Waals surface area contributed by atoms with Crippen molar-refractivity contribution >= 4 is 41.0 Å². The van der Waals surface area contributed by atoms with Crippen LogP contribution in [0.25, 0.3) is 11.1 Å². The quantitative estimate of drug-likeness (QED) is 0.494. The molecular weight excluding hydrogens is 437 g/mol. The molecule has 0 saturated heterocycles. The average molecular weight is 457 g/mol. The number of fused-ring (bicyclic) bond motifs is 3. The summed E-state index contributed by atoms with van der Waals surface area (Å²) in [5.74, 6) is -1.73. The first-order chi connectivity index (χ1) is 15.3. The molecule has 3 aromatic rings. The molecule has 0 aliphatic heterocycles. The van der Waals surface area contributed by atoms with E-state index in [1.54, 1.807) is 0 Å². The molecule has 1 aliphatic rings. The Morgan fingerprint density at radius 3 is 2.16 bits per heavy atom. The first kappa shape index (κ1) is 19.9. The van der Waals surface area contributed by atoms with Crippen LogP contribution in [0.15, 0.2) is 66.7 Å². The van der Waals surface area contributed by atoms with Crippen molar-refractivity contribution in [2.45, 2.75) is 18.9 Å². The predicted octanol–water partition coefficient (Wildman–Crippen LogP) is 6.22. The van der Waals surface area contributed by atoms with Gasteiger partial charge in [0, 0.05) is 11.6 Å². The van der Waals surface area contributed by atoms with Gasteiger partial charge in [0.2, 0.25) is 0 Å². The Bertz CT molecular complexity index is 1160. The highest BCUT2D eigenvalue weighted by molar-refractivity contribution is 6.42. The minimum absolute atomic E-state index is 0.167. The smallest absolute Gasteiger partial charge is 0.415 e. The number of rotatable bonds is 5. The zero-order valence-corrected chi connectivity index (χ0v) is 18.0. The molecule has 0 radical (unpaired) electrons. The fraction of sp³-hybridized carbons (Fsp3) is 0.167. The Kier molecular flexibility index (Phi) is 5.53. The fourth-order valence-electron chi connectivity index (χ4n) is 3.76. The van der Waals surface area contributed by atoms with E-state index in [0.29, 0.717) is 0 Å². The van der Waals surface area contributed by atoms with Crippen molar-refractivity contribution in [3.63, 3.8) is 0 Å². The summed E-state index contributed by atoms with van der Waals surface area (Å²) in [6, 6.07) is 18.4.